The molecule has 1 rings (SSSR count). The van der Waals surface area contributed by atoms with Gasteiger partial charge in [0.2, 0.25) is 5.91 Å². The van der Waals surface area contributed by atoms with Crippen molar-refractivity contribution in [2.24, 2.45) is 0 Å². The van der Waals surface area contributed by atoms with Crippen LogP contribution in [0.1, 0.15) is 18.9 Å². The third kappa shape index (κ3) is 4.56. The van der Waals surface area contributed by atoms with E-state index in [0.717, 1.165) is 17.7 Å². The zero-order valence-corrected chi connectivity index (χ0v) is 10.9. The smallest absolute Gasteiger partial charge is 0.238 e. The molecule has 1 aromatic carbocycles. The first-order valence-electron chi connectivity index (χ1n) is 6.10. The summed E-state index contributed by atoms with van der Waals surface area (Å²) in [6.45, 7) is 2.98. The number of rotatable bonds is 6. The Morgan fingerprint density at radius 3 is 2.83 bits per heavy atom. The molecule has 0 aliphatic rings. The van der Waals surface area contributed by atoms with Crippen molar-refractivity contribution in [1.29, 1.82) is 5.26 Å². The van der Waals surface area contributed by atoms with Gasteiger partial charge in [0.1, 0.15) is 0 Å². The number of hydrogen-bond acceptors (Lipinski definition) is 3. The maximum atomic E-state index is 11.8. The maximum Gasteiger partial charge on any atom is 0.238 e. The predicted octanol–water partition coefficient (Wildman–Crippen LogP) is 2.03. The molecule has 0 saturated heterocycles. The van der Waals surface area contributed by atoms with Crippen molar-refractivity contribution in [2.45, 2.75) is 19.8 Å². The number of anilines is 1. The maximum absolute atomic E-state index is 11.8. The van der Waals surface area contributed by atoms with Crippen LogP contribution >= 0.6 is 0 Å². The average Bonchev–Trinajstić information content (AvgIpc) is 2.36. The van der Waals surface area contributed by atoms with Crippen molar-refractivity contribution < 1.29 is 4.79 Å². The lowest BCUT2D eigenvalue weighted by Gasteiger charge is -2.15. The number of carbonyl (C=O) groups excluding carboxylic acids is 1. The summed E-state index contributed by atoms with van der Waals surface area (Å²) in [5, 5.41) is 11.4. The lowest BCUT2D eigenvalue weighted by Crippen LogP contribution is -2.31. The predicted molar refractivity (Wildman–Crippen MR) is 72.2 cm³/mol. The molecule has 0 unspecified atom stereocenters. The molecule has 18 heavy (non-hydrogen) atoms. The highest BCUT2D eigenvalue weighted by Gasteiger charge is 2.08. The van der Waals surface area contributed by atoms with Gasteiger partial charge in [-0.15, -0.1) is 0 Å². The Morgan fingerprint density at radius 1 is 1.44 bits per heavy atom. The summed E-state index contributed by atoms with van der Waals surface area (Å²) < 4.78 is 0. The second-order valence-electron chi connectivity index (χ2n) is 4.20. The van der Waals surface area contributed by atoms with Crippen LogP contribution in [0.2, 0.25) is 0 Å². The van der Waals surface area contributed by atoms with E-state index >= 15 is 0 Å². The summed E-state index contributed by atoms with van der Waals surface area (Å²) in [5.41, 5.74) is 2.00. The second-order valence-corrected chi connectivity index (χ2v) is 4.20. The zero-order valence-electron chi connectivity index (χ0n) is 10.9. The Morgan fingerprint density at radius 2 is 2.17 bits per heavy atom. The summed E-state index contributed by atoms with van der Waals surface area (Å²) >= 11 is 0. The van der Waals surface area contributed by atoms with Crippen LogP contribution in [0.25, 0.3) is 0 Å². The number of carbonyl (C=O) groups is 1. The van der Waals surface area contributed by atoms with Crippen LogP contribution in [0.15, 0.2) is 24.3 Å². The fraction of sp³-hybridized carbons (Fsp3) is 0.429. The van der Waals surface area contributed by atoms with Gasteiger partial charge in [-0.2, -0.15) is 5.26 Å². The van der Waals surface area contributed by atoms with Gasteiger partial charge in [-0.05, 0) is 25.1 Å². The molecule has 0 atom stereocenters. The molecule has 1 aromatic rings. The molecule has 0 radical (unpaired) electrons. The van der Waals surface area contributed by atoms with E-state index in [1.807, 2.05) is 36.2 Å². The van der Waals surface area contributed by atoms with E-state index in [1.165, 1.54) is 0 Å². The van der Waals surface area contributed by atoms with Crippen LogP contribution in [0.4, 0.5) is 5.69 Å². The Labute approximate surface area is 108 Å². The van der Waals surface area contributed by atoms with Crippen LogP contribution in [-0.4, -0.2) is 30.9 Å². The van der Waals surface area contributed by atoms with Crippen LogP contribution in [-0.2, 0) is 11.2 Å². The zero-order chi connectivity index (χ0) is 13.4. The van der Waals surface area contributed by atoms with Crippen molar-refractivity contribution in [2.75, 3.05) is 25.5 Å². The first kappa shape index (κ1) is 14.2. The van der Waals surface area contributed by atoms with E-state index in [-0.39, 0.29) is 5.91 Å². The molecular formula is C14H19N3O. The molecule has 0 bridgehead atoms. The largest absolute Gasteiger partial charge is 0.325 e. The fourth-order valence-corrected chi connectivity index (χ4v) is 1.71. The van der Waals surface area contributed by atoms with Crippen LogP contribution in [0.3, 0.4) is 0 Å². The van der Waals surface area contributed by atoms with E-state index in [4.69, 9.17) is 5.26 Å². The quantitative estimate of drug-likeness (QED) is 0.834. The molecule has 0 aliphatic heterocycles. The van der Waals surface area contributed by atoms with E-state index in [0.29, 0.717) is 19.5 Å². The fourth-order valence-electron chi connectivity index (χ4n) is 1.71. The van der Waals surface area contributed by atoms with Crippen LogP contribution < -0.4 is 5.32 Å². The van der Waals surface area contributed by atoms with Crippen LogP contribution in [0, 0.1) is 11.3 Å². The minimum atomic E-state index is -0.0451. The number of nitrogens with zero attached hydrogens (tertiary/aromatic N) is 2. The highest BCUT2D eigenvalue weighted by atomic mass is 16.2. The van der Waals surface area contributed by atoms with Gasteiger partial charge in [0, 0.05) is 18.7 Å². The van der Waals surface area contributed by atoms with E-state index < -0.39 is 0 Å². The van der Waals surface area contributed by atoms with Gasteiger partial charge in [-0.3, -0.25) is 9.69 Å². The molecule has 0 heterocycles. The lowest BCUT2D eigenvalue weighted by molar-refractivity contribution is -0.117. The minimum Gasteiger partial charge on any atom is -0.325 e. The van der Waals surface area contributed by atoms with E-state index in [2.05, 4.69) is 18.3 Å². The summed E-state index contributed by atoms with van der Waals surface area (Å²) in [6.07, 6.45) is 1.33. The highest BCUT2D eigenvalue weighted by Crippen LogP contribution is 2.15. The minimum absolute atomic E-state index is 0.0451. The van der Waals surface area contributed by atoms with Gasteiger partial charge < -0.3 is 5.32 Å². The molecule has 0 spiro atoms. The Balaban J connectivity index is 2.52. The molecule has 1 amide bonds. The number of nitriles is 1. The van der Waals surface area contributed by atoms with Crippen molar-refractivity contribution in [3.63, 3.8) is 0 Å². The average molecular weight is 245 g/mol. The lowest BCUT2D eigenvalue weighted by atomic mass is 10.1. The standard InChI is InChI=1S/C14H19N3O/c1-3-12-7-4-5-8-13(12)16-14(18)11-17(2)10-6-9-15/h4-5,7-8H,3,6,10-11H2,1-2H3,(H,16,18). The first-order chi connectivity index (χ1) is 8.67. The van der Waals surface area contributed by atoms with Gasteiger partial charge in [-0.1, -0.05) is 25.1 Å². The van der Waals surface area contributed by atoms with Crippen molar-refractivity contribution in [3.8, 4) is 6.07 Å². The first-order valence-corrected chi connectivity index (χ1v) is 6.10. The molecular weight excluding hydrogens is 226 g/mol. The SMILES string of the molecule is CCc1ccccc1NC(=O)CN(C)CCC#N. The molecule has 4 heteroatoms. The summed E-state index contributed by atoms with van der Waals surface area (Å²) in [7, 11) is 1.84. The van der Waals surface area contributed by atoms with E-state index in [1.54, 1.807) is 0 Å². The summed E-state index contributed by atoms with van der Waals surface area (Å²) in [6, 6.07) is 9.86. The highest BCUT2D eigenvalue weighted by molar-refractivity contribution is 5.92. The monoisotopic (exact) mass is 245 g/mol. The molecule has 0 fully saturated rings. The van der Waals surface area contributed by atoms with Gasteiger partial charge >= 0.3 is 0 Å². The molecule has 0 aromatic heterocycles. The molecule has 1 N–H and O–H groups in total. The molecule has 0 saturated carbocycles. The Bertz CT molecular complexity index is 437. The van der Waals surface area contributed by atoms with Crippen molar-refractivity contribution in [1.82, 2.24) is 4.90 Å². The number of hydrogen-bond donors (Lipinski definition) is 1. The number of para-hydroxylation sites is 1. The van der Waals surface area contributed by atoms with E-state index in [9.17, 15) is 4.79 Å². The number of likely N-dealkylation sites (N-methyl/N-ethyl adjacent to an activating group) is 1. The Kier molecular flexibility index (Phi) is 5.89. The molecule has 0 aliphatic carbocycles. The third-order valence-corrected chi connectivity index (χ3v) is 2.69. The topological polar surface area (TPSA) is 56.1 Å². The number of amides is 1. The number of aryl methyl sites for hydroxylation is 1. The summed E-state index contributed by atoms with van der Waals surface area (Å²) in [5.74, 6) is -0.0451. The van der Waals surface area contributed by atoms with Crippen molar-refractivity contribution >= 4 is 11.6 Å². The Hall–Kier alpha value is -1.86. The second kappa shape index (κ2) is 7.46. The van der Waals surface area contributed by atoms with Gasteiger partial charge in [0.05, 0.1) is 12.6 Å². The van der Waals surface area contributed by atoms with Gasteiger partial charge in [0.25, 0.3) is 0 Å². The van der Waals surface area contributed by atoms with Crippen molar-refractivity contribution in [3.05, 3.63) is 29.8 Å². The summed E-state index contributed by atoms with van der Waals surface area (Å²) in [4.78, 5) is 13.7. The number of nitrogens with one attached hydrogen (secondary N) is 1. The van der Waals surface area contributed by atoms with Crippen LogP contribution in [0.5, 0.6) is 0 Å². The molecule has 96 valence electrons. The third-order valence-electron chi connectivity index (χ3n) is 2.69. The molecule has 4 nitrogen and oxygen atoms in total. The van der Waals surface area contributed by atoms with Gasteiger partial charge in [0.15, 0.2) is 0 Å². The normalized spacial score (nSPS) is 10.1. The van der Waals surface area contributed by atoms with Gasteiger partial charge in [-0.25, -0.2) is 0 Å². The number of benzene rings is 1.